The molecule has 0 saturated heterocycles. The molecule has 5 heteroatoms. The summed E-state index contributed by atoms with van der Waals surface area (Å²) in [6, 6.07) is 10.7. The summed E-state index contributed by atoms with van der Waals surface area (Å²) in [6.45, 7) is 0. The summed E-state index contributed by atoms with van der Waals surface area (Å²) in [5, 5.41) is 9.68. The van der Waals surface area contributed by atoms with Gasteiger partial charge in [0.2, 0.25) is 0 Å². The first-order valence-corrected chi connectivity index (χ1v) is 6.20. The third-order valence-corrected chi connectivity index (χ3v) is 3.21. The fourth-order valence-corrected chi connectivity index (χ4v) is 2.19. The number of carboxylic acid groups (broad SMARTS) is 1. The minimum absolute atomic E-state index is 0.103. The smallest absolute Gasteiger partial charge is 0.335 e. The van der Waals surface area contributed by atoms with Gasteiger partial charge in [0, 0.05) is 5.39 Å². The zero-order valence-electron chi connectivity index (χ0n) is 11.1. The Morgan fingerprint density at radius 3 is 2.71 bits per heavy atom. The number of aromatic carboxylic acids is 1. The van der Waals surface area contributed by atoms with Crippen LogP contribution in [0.3, 0.4) is 0 Å². The van der Waals surface area contributed by atoms with Gasteiger partial charge >= 0.3 is 5.97 Å². The number of carboxylic acids is 1. The molecule has 1 N–H and O–H groups in total. The molecule has 4 nitrogen and oxygen atoms in total. The standard InChI is InChI=1S/C16H11FO4/c1-20-13-6-5-10(16(18)19)7-11(13)14-8-9-3-2-4-12(17)15(9)21-14/h2-8H,1H3,(H,18,19). The summed E-state index contributed by atoms with van der Waals surface area (Å²) >= 11 is 0. The molecular weight excluding hydrogens is 275 g/mol. The second kappa shape index (κ2) is 4.94. The van der Waals surface area contributed by atoms with E-state index < -0.39 is 11.8 Å². The van der Waals surface area contributed by atoms with Gasteiger partial charge in [-0.25, -0.2) is 9.18 Å². The summed E-state index contributed by atoms with van der Waals surface area (Å²) in [4.78, 5) is 11.1. The number of benzene rings is 2. The molecule has 2 aromatic carbocycles. The Morgan fingerprint density at radius 2 is 2.05 bits per heavy atom. The number of fused-ring (bicyclic) bond motifs is 1. The van der Waals surface area contributed by atoms with E-state index in [9.17, 15) is 9.18 Å². The van der Waals surface area contributed by atoms with E-state index in [1.807, 2.05) is 0 Å². The molecule has 0 aliphatic carbocycles. The molecular formula is C16H11FO4. The normalized spacial score (nSPS) is 10.8. The van der Waals surface area contributed by atoms with Gasteiger partial charge in [0.25, 0.3) is 0 Å². The molecule has 1 heterocycles. The largest absolute Gasteiger partial charge is 0.496 e. The maximum atomic E-state index is 13.7. The van der Waals surface area contributed by atoms with Crippen molar-refractivity contribution in [3.63, 3.8) is 0 Å². The molecule has 0 saturated carbocycles. The molecule has 21 heavy (non-hydrogen) atoms. The third kappa shape index (κ3) is 2.23. The number of rotatable bonds is 3. The van der Waals surface area contributed by atoms with Gasteiger partial charge < -0.3 is 14.3 Å². The SMILES string of the molecule is COc1ccc(C(=O)O)cc1-c1cc2cccc(F)c2o1. The van der Waals surface area contributed by atoms with Gasteiger partial charge in [0.15, 0.2) is 11.4 Å². The maximum Gasteiger partial charge on any atom is 0.335 e. The van der Waals surface area contributed by atoms with Gasteiger partial charge in [-0.3, -0.25) is 0 Å². The number of halogens is 1. The van der Waals surface area contributed by atoms with E-state index in [-0.39, 0.29) is 11.1 Å². The Bertz CT molecular complexity index is 835. The quantitative estimate of drug-likeness (QED) is 0.792. The van der Waals surface area contributed by atoms with Crippen LogP contribution < -0.4 is 4.74 Å². The van der Waals surface area contributed by atoms with Crippen molar-refractivity contribution in [2.45, 2.75) is 0 Å². The molecule has 0 fully saturated rings. The van der Waals surface area contributed by atoms with Crippen LogP contribution in [0.5, 0.6) is 5.75 Å². The second-order valence-corrected chi connectivity index (χ2v) is 4.49. The number of ether oxygens (including phenoxy) is 1. The van der Waals surface area contributed by atoms with E-state index in [0.717, 1.165) is 0 Å². The second-order valence-electron chi connectivity index (χ2n) is 4.49. The lowest BCUT2D eigenvalue weighted by Crippen LogP contribution is -1.97. The maximum absolute atomic E-state index is 13.7. The van der Waals surface area contributed by atoms with Crippen molar-refractivity contribution in [1.29, 1.82) is 0 Å². The van der Waals surface area contributed by atoms with Gasteiger partial charge in [-0.05, 0) is 30.3 Å². The fraction of sp³-hybridized carbons (Fsp3) is 0.0625. The zero-order valence-corrected chi connectivity index (χ0v) is 11.1. The van der Waals surface area contributed by atoms with Crippen molar-refractivity contribution in [3.8, 4) is 17.1 Å². The van der Waals surface area contributed by atoms with E-state index in [1.54, 1.807) is 24.3 Å². The first-order valence-electron chi connectivity index (χ1n) is 6.20. The number of carbonyl (C=O) groups is 1. The number of hydrogen-bond donors (Lipinski definition) is 1. The van der Waals surface area contributed by atoms with Gasteiger partial charge in [0.1, 0.15) is 11.5 Å². The Hall–Kier alpha value is -2.82. The molecule has 106 valence electrons. The zero-order chi connectivity index (χ0) is 15.0. The van der Waals surface area contributed by atoms with Gasteiger partial charge in [-0.15, -0.1) is 0 Å². The summed E-state index contributed by atoms with van der Waals surface area (Å²) < 4.78 is 24.4. The van der Waals surface area contributed by atoms with Crippen molar-refractivity contribution in [1.82, 2.24) is 0 Å². The minimum atomic E-state index is -1.05. The van der Waals surface area contributed by atoms with Crippen LogP contribution >= 0.6 is 0 Å². The molecule has 0 aliphatic rings. The van der Waals surface area contributed by atoms with Crippen LogP contribution in [0.4, 0.5) is 4.39 Å². The van der Waals surface area contributed by atoms with Gasteiger partial charge in [0.05, 0.1) is 18.2 Å². The molecule has 0 atom stereocenters. The van der Waals surface area contributed by atoms with Crippen LogP contribution in [-0.4, -0.2) is 18.2 Å². The molecule has 3 rings (SSSR count). The monoisotopic (exact) mass is 286 g/mol. The van der Waals surface area contributed by atoms with Gasteiger partial charge in [-0.1, -0.05) is 12.1 Å². The van der Waals surface area contributed by atoms with Gasteiger partial charge in [-0.2, -0.15) is 0 Å². The first-order chi connectivity index (χ1) is 10.1. The molecule has 3 aromatic rings. The lowest BCUT2D eigenvalue weighted by atomic mass is 10.1. The Kier molecular flexibility index (Phi) is 3.10. The average Bonchev–Trinajstić information content (AvgIpc) is 2.92. The van der Waals surface area contributed by atoms with Crippen LogP contribution in [-0.2, 0) is 0 Å². The van der Waals surface area contributed by atoms with Crippen LogP contribution in [0, 0.1) is 5.82 Å². The van der Waals surface area contributed by atoms with E-state index in [2.05, 4.69) is 0 Å². The number of furan rings is 1. The lowest BCUT2D eigenvalue weighted by molar-refractivity contribution is 0.0697. The van der Waals surface area contributed by atoms with Crippen molar-refractivity contribution >= 4 is 16.9 Å². The van der Waals surface area contributed by atoms with Crippen LogP contribution in [0.25, 0.3) is 22.3 Å². The predicted octanol–water partition coefficient (Wildman–Crippen LogP) is 3.95. The molecule has 0 aliphatic heterocycles. The van der Waals surface area contributed by atoms with Crippen molar-refractivity contribution in [2.24, 2.45) is 0 Å². The predicted molar refractivity (Wildman–Crippen MR) is 75.1 cm³/mol. The number of hydrogen-bond acceptors (Lipinski definition) is 3. The first kappa shape index (κ1) is 13.2. The summed E-state index contributed by atoms with van der Waals surface area (Å²) in [6.07, 6.45) is 0. The molecule has 0 bridgehead atoms. The average molecular weight is 286 g/mol. The number of methoxy groups -OCH3 is 1. The van der Waals surface area contributed by atoms with Crippen LogP contribution in [0.15, 0.2) is 46.9 Å². The highest BCUT2D eigenvalue weighted by Gasteiger charge is 2.15. The van der Waals surface area contributed by atoms with Crippen molar-refractivity contribution in [2.75, 3.05) is 7.11 Å². The molecule has 0 amide bonds. The van der Waals surface area contributed by atoms with E-state index in [1.165, 1.54) is 25.3 Å². The Labute approximate surface area is 119 Å². The van der Waals surface area contributed by atoms with Crippen molar-refractivity contribution < 1.29 is 23.4 Å². The van der Waals surface area contributed by atoms with Crippen molar-refractivity contribution in [3.05, 3.63) is 53.8 Å². The highest BCUT2D eigenvalue weighted by atomic mass is 19.1. The lowest BCUT2D eigenvalue weighted by Gasteiger charge is -2.07. The van der Waals surface area contributed by atoms with E-state index in [0.29, 0.717) is 22.5 Å². The summed E-state index contributed by atoms with van der Waals surface area (Å²) in [5.41, 5.74) is 0.704. The fourth-order valence-electron chi connectivity index (χ4n) is 2.19. The minimum Gasteiger partial charge on any atom is -0.496 e. The van der Waals surface area contributed by atoms with E-state index >= 15 is 0 Å². The summed E-state index contributed by atoms with van der Waals surface area (Å²) in [5.74, 6) is -0.706. The van der Waals surface area contributed by atoms with Crippen LogP contribution in [0.2, 0.25) is 0 Å². The van der Waals surface area contributed by atoms with Crippen LogP contribution in [0.1, 0.15) is 10.4 Å². The molecule has 1 aromatic heterocycles. The molecule has 0 radical (unpaired) electrons. The Morgan fingerprint density at radius 1 is 1.24 bits per heavy atom. The topological polar surface area (TPSA) is 59.7 Å². The highest BCUT2D eigenvalue weighted by molar-refractivity contribution is 5.91. The summed E-state index contributed by atoms with van der Waals surface area (Å²) in [7, 11) is 1.47. The molecule has 0 spiro atoms. The number of para-hydroxylation sites is 1. The third-order valence-electron chi connectivity index (χ3n) is 3.21. The Balaban J connectivity index is 2.23. The highest BCUT2D eigenvalue weighted by Crippen LogP contribution is 2.35. The molecule has 0 unspecified atom stereocenters. The van der Waals surface area contributed by atoms with E-state index in [4.69, 9.17) is 14.3 Å².